The van der Waals surface area contributed by atoms with E-state index in [2.05, 4.69) is 20.3 Å². The summed E-state index contributed by atoms with van der Waals surface area (Å²) in [6, 6.07) is 13.9. The highest BCUT2D eigenvalue weighted by Crippen LogP contribution is 2.17. The molecule has 0 aliphatic carbocycles. The van der Waals surface area contributed by atoms with Crippen LogP contribution < -0.4 is 5.43 Å². The molecule has 1 aliphatic heterocycles. The molecule has 3 rings (SSSR count). The Hall–Kier alpha value is -2.28. The van der Waals surface area contributed by atoms with E-state index >= 15 is 0 Å². The zero-order chi connectivity index (χ0) is 19.1. The van der Waals surface area contributed by atoms with Crippen LogP contribution in [0.15, 0.2) is 53.6 Å². The molecule has 1 heterocycles. The Morgan fingerprint density at radius 3 is 2.59 bits per heavy atom. The number of benzene rings is 2. The number of rotatable bonds is 6. The number of halogens is 2. The summed E-state index contributed by atoms with van der Waals surface area (Å²) in [6.45, 7) is 4.49. The van der Waals surface area contributed by atoms with Gasteiger partial charge in [0.25, 0.3) is 5.91 Å². The number of hydrogen-bond acceptors (Lipinski definition) is 4. The first kappa shape index (κ1) is 19.5. The molecule has 7 heteroatoms. The van der Waals surface area contributed by atoms with Gasteiger partial charge in [-0.1, -0.05) is 41.9 Å². The quantitative estimate of drug-likeness (QED) is 0.611. The standard InChI is InChI=1S/C20H22ClFN4O/c21-19-7-2-1-5-17(19)14-25-8-10-26(11-9-25)15-20(27)24-23-13-16-4-3-6-18(22)12-16/h1-7,12-13H,8-11,14-15H2,(H,24,27). The Labute approximate surface area is 163 Å². The van der Waals surface area contributed by atoms with Gasteiger partial charge in [0, 0.05) is 37.7 Å². The molecular weight excluding hydrogens is 367 g/mol. The maximum atomic E-state index is 13.1. The molecule has 2 aromatic rings. The molecule has 0 aromatic heterocycles. The number of nitrogens with one attached hydrogen (secondary N) is 1. The number of carbonyl (C=O) groups excluding carboxylic acids is 1. The average molecular weight is 389 g/mol. The van der Waals surface area contributed by atoms with Gasteiger partial charge in [-0.2, -0.15) is 5.10 Å². The van der Waals surface area contributed by atoms with Gasteiger partial charge in [-0.05, 0) is 29.3 Å². The van der Waals surface area contributed by atoms with Crippen LogP contribution in [-0.2, 0) is 11.3 Å². The molecule has 5 nitrogen and oxygen atoms in total. The molecule has 1 amide bonds. The van der Waals surface area contributed by atoms with Crippen molar-refractivity contribution in [3.8, 4) is 0 Å². The second-order valence-corrected chi connectivity index (χ2v) is 6.90. The van der Waals surface area contributed by atoms with E-state index in [-0.39, 0.29) is 11.7 Å². The van der Waals surface area contributed by atoms with Crippen LogP contribution in [0.3, 0.4) is 0 Å². The Balaban J connectivity index is 1.39. The zero-order valence-corrected chi connectivity index (χ0v) is 15.7. The van der Waals surface area contributed by atoms with Gasteiger partial charge < -0.3 is 0 Å². The Bertz CT molecular complexity index is 806. The highest BCUT2D eigenvalue weighted by Gasteiger charge is 2.19. The average Bonchev–Trinajstić information content (AvgIpc) is 2.65. The van der Waals surface area contributed by atoms with E-state index in [0.717, 1.165) is 43.3 Å². The molecule has 0 saturated carbocycles. The summed E-state index contributed by atoms with van der Waals surface area (Å²) in [5, 5.41) is 4.67. The van der Waals surface area contributed by atoms with Crippen LogP contribution in [0.5, 0.6) is 0 Å². The molecule has 0 atom stereocenters. The molecule has 1 N–H and O–H groups in total. The lowest BCUT2D eigenvalue weighted by atomic mass is 10.2. The van der Waals surface area contributed by atoms with Crippen LogP contribution in [-0.4, -0.2) is 54.6 Å². The third-order valence-corrected chi connectivity index (χ3v) is 4.80. The molecule has 1 aliphatic rings. The first-order valence-corrected chi connectivity index (χ1v) is 9.23. The summed E-state index contributed by atoms with van der Waals surface area (Å²) in [6.07, 6.45) is 1.43. The van der Waals surface area contributed by atoms with Crippen LogP contribution in [0.4, 0.5) is 4.39 Å². The predicted molar refractivity (Wildman–Crippen MR) is 105 cm³/mol. The van der Waals surface area contributed by atoms with Gasteiger partial charge in [-0.25, -0.2) is 9.82 Å². The van der Waals surface area contributed by atoms with E-state index in [1.54, 1.807) is 12.1 Å². The molecule has 2 aromatic carbocycles. The zero-order valence-electron chi connectivity index (χ0n) is 14.9. The van der Waals surface area contributed by atoms with Crippen molar-refractivity contribution >= 4 is 23.7 Å². The normalized spacial score (nSPS) is 15.9. The van der Waals surface area contributed by atoms with Crippen molar-refractivity contribution < 1.29 is 9.18 Å². The number of hydrazone groups is 1. The van der Waals surface area contributed by atoms with Crippen molar-refractivity contribution in [3.05, 3.63) is 70.5 Å². The fourth-order valence-electron chi connectivity index (χ4n) is 2.98. The minimum atomic E-state index is -0.333. The molecule has 1 saturated heterocycles. The van der Waals surface area contributed by atoms with Crippen LogP contribution in [0.1, 0.15) is 11.1 Å². The minimum absolute atomic E-state index is 0.179. The highest BCUT2D eigenvalue weighted by atomic mass is 35.5. The fraction of sp³-hybridized carbons (Fsp3) is 0.300. The van der Waals surface area contributed by atoms with Crippen molar-refractivity contribution in [3.63, 3.8) is 0 Å². The molecule has 27 heavy (non-hydrogen) atoms. The highest BCUT2D eigenvalue weighted by molar-refractivity contribution is 6.31. The van der Waals surface area contributed by atoms with Gasteiger partial charge in [-0.15, -0.1) is 0 Å². The smallest absolute Gasteiger partial charge is 0.254 e. The summed E-state index contributed by atoms with van der Waals surface area (Å²) >= 11 is 6.22. The monoisotopic (exact) mass is 388 g/mol. The largest absolute Gasteiger partial charge is 0.296 e. The Morgan fingerprint density at radius 1 is 1.11 bits per heavy atom. The number of amides is 1. The minimum Gasteiger partial charge on any atom is -0.296 e. The molecule has 0 bridgehead atoms. The van der Waals surface area contributed by atoms with Gasteiger partial charge in [0.1, 0.15) is 5.82 Å². The maximum absolute atomic E-state index is 13.1. The predicted octanol–water partition coefficient (Wildman–Crippen LogP) is 2.75. The molecule has 1 fully saturated rings. The second-order valence-electron chi connectivity index (χ2n) is 6.49. The number of piperazine rings is 1. The van der Waals surface area contributed by atoms with Crippen LogP contribution in [0.25, 0.3) is 0 Å². The molecule has 0 unspecified atom stereocenters. The molecule has 0 radical (unpaired) electrons. The summed E-state index contributed by atoms with van der Waals surface area (Å²) in [7, 11) is 0. The van der Waals surface area contributed by atoms with E-state index in [9.17, 15) is 9.18 Å². The summed E-state index contributed by atoms with van der Waals surface area (Å²) in [5.74, 6) is -0.512. The van der Waals surface area contributed by atoms with Crippen molar-refractivity contribution in [1.82, 2.24) is 15.2 Å². The van der Waals surface area contributed by atoms with Crippen molar-refractivity contribution in [1.29, 1.82) is 0 Å². The number of nitrogens with zero attached hydrogens (tertiary/aromatic N) is 3. The molecule has 0 spiro atoms. The van der Waals surface area contributed by atoms with E-state index in [1.165, 1.54) is 18.3 Å². The lowest BCUT2D eigenvalue weighted by Gasteiger charge is -2.34. The summed E-state index contributed by atoms with van der Waals surface area (Å²) in [5.41, 5.74) is 4.21. The lowest BCUT2D eigenvalue weighted by molar-refractivity contribution is -0.122. The van der Waals surface area contributed by atoms with Gasteiger partial charge in [0.15, 0.2) is 0 Å². The van der Waals surface area contributed by atoms with Gasteiger partial charge in [0.2, 0.25) is 0 Å². The van der Waals surface area contributed by atoms with Crippen LogP contribution in [0.2, 0.25) is 5.02 Å². The van der Waals surface area contributed by atoms with Gasteiger partial charge >= 0.3 is 0 Å². The maximum Gasteiger partial charge on any atom is 0.254 e. The first-order chi connectivity index (χ1) is 13.1. The lowest BCUT2D eigenvalue weighted by Crippen LogP contribution is -2.48. The van der Waals surface area contributed by atoms with Crippen molar-refractivity contribution in [2.24, 2.45) is 5.10 Å². The SMILES string of the molecule is O=C(CN1CCN(Cc2ccccc2Cl)CC1)NN=Cc1cccc(F)c1. The van der Waals surface area contributed by atoms with Crippen LogP contribution >= 0.6 is 11.6 Å². The fourth-order valence-corrected chi connectivity index (χ4v) is 3.17. The third kappa shape index (κ3) is 6.13. The van der Waals surface area contributed by atoms with Gasteiger partial charge in [0.05, 0.1) is 12.8 Å². The number of hydrogen-bond donors (Lipinski definition) is 1. The first-order valence-electron chi connectivity index (χ1n) is 8.86. The second kappa shape index (κ2) is 9.60. The topological polar surface area (TPSA) is 47.9 Å². The Kier molecular flexibility index (Phi) is 6.92. The number of carbonyl (C=O) groups is 1. The van der Waals surface area contributed by atoms with E-state index in [4.69, 9.17) is 11.6 Å². The van der Waals surface area contributed by atoms with Crippen LogP contribution in [0, 0.1) is 5.82 Å². The van der Waals surface area contributed by atoms with E-state index in [0.29, 0.717) is 12.1 Å². The van der Waals surface area contributed by atoms with Gasteiger partial charge in [-0.3, -0.25) is 14.6 Å². The molecule has 142 valence electrons. The Morgan fingerprint density at radius 2 is 1.85 bits per heavy atom. The summed E-state index contributed by atoms with van der Waals surface area (Å²) < 4.78 is 13.1. The summed E-state index contributed by atoms with van der Waals surface area (Å²) in [4.78, 5) is 16.4. The third-order valence-electron chi connectivity index (χ3n) is 4.44. The van der Waals surface area contributed by atoms with E-state index < -0.39 is 0 Å². The molecular formula is C20H22ClFN4O. The van der Waals surface area contributed by atoms with Crippen molar-refractivity contribution in [2.75, 3.05) is 32.7 Å². The van der Waals surface area contributed by atoms with E-state index in [1.807, 2.05) is 24.3 Å². The van der Waals surface area contributed by atoms with Crippen molar-refractivity contribution in [2.45, 2.75) is 6.54 Å².